The predicted octanol–water partition coefficient (Wildman–Crippen LogP) is 9.62. The second kappa shape index (κ2) is 8.33. The van der Waals surface area contributed by atoms with Gasteiger partial charge in [0.15, 0.2) is 0 Å². The molecule has 41 heavy (non-hydrogen) atoms. The number of aryl methyl sites for hydroxylation is 1. The van der Waals surface area contributed by atoms with E-state index >= 15 is 0 Å². The fourth-order valence-corrected chi connectivity index (χ4v) is 6.88. The summed E-state index contributed by atoms with van der Waals surface area (Å²) in [6.45, 7) is 2.20. The quantitative estimate of drug-likeness (QED) is 0.229. The summed E-state index contributed by atoms with van der Waals surface area (Å²) in [5, 5.41) is 5.08. The molecule has 6 aromatic carbocycles. The minimum absolute atomic E-state index is 0.838. The molecular formula is C37H26N4. The van der Waals surface area contributed by atoms with E-state index < -0.39 is 0 Å². The lowest BCUT2D eigenvalue weighted by atomic mass is 10.0. The molecule has 3 heterocycles. The molecule has 0 radical (unpaired) electrons. The van der Waals surface area contributed by atoms with Gasteiger partial charge < -0.3 is 9.47 Å². The SMILES string of the molecule is CCc1nc2c(-n3c4ccccc4c4c5ccccc5ccc43)ccc3c2n1-c1ccccc1N3c1ccccc1. The van der Waals surface area contributed by atoms with Crippen molar-refractivity contribution in [3.05, 3.63) is 133 Å². The molecule has 194 valence electrons. The first kappa shape index (κ1) is 22.5. The standard InChI is InChI=1S/C37H26N4/c1-2-34-38-36-32(40-28-17-9-8-16-27(28)35-26-15-7-6-12-24(26)20-21-31(35)40)22-23-33-37(36)41(34)30-19-11-10-18-29(30)39(33)25-13-4-3-5-14-25/h3-23H,2H2,1H3. The zero-order valence-corrected chi connectivity index (χ0v) is 22.6. The maximum atomic E-state index is 5.38. The predicted molar refractivity (Wildman–Crippen MR) is 171 cm³/mol. The van der Waals surface area contributed by atoms with Crippen LogP contribution in [0.1, 0.15) is 12.7 Å². The van der Waals surface area contributed by atoms with Crippen molar-refractivity contribution in [1.82, 2.24) is 14.1 Å². The largest absolute Gasteiger partial charge is 0.307 e. The fourth-order valence-electron chi connectivity index (χ4n) is 6.88. The number of aromatic nitrogens is 3. The molecule has 8 aromatic rings. The third-order valence-electron chi connectivity index (χ3n) is 8.57. The van der Waals surface area contributed by atoms with Crippen molar-refractivity contribution >= 4 is 60.7 Å². The lowest BCUT2D eigenvalue weighted by Crippen LogP contribution is -2.19. The van der Waals surface area contributed by atoms with Gasteiger partial charge in [-0.1, -0.05) is 85.8 Å². The molecule has 0 fully saturated rings. The average Bonchev–Trinajstić information content (AvgIpc) is 3.59. The highest BCUT2D eigenvalue weighted by molar-refractivity contribution is 6.22. The van der Waals surface area contributed by atoms with Crippen LogP contribution in [-0.2, 0) is 6.42 Å². The first-order valence-electron chi connectivity index (χ1n) is 14.2. The van der Waals surface area contributed by atoms with Crippen LogP contribution in [0.3, 0.4) is 0 Å². The number of imidazole rings is 1. The van der Waals surface area contributed by atoms with Crippen LogP contribution in [0.4, 0.5) is 17.1 Å². The molecule has 0 spiro atoms. The van der Waals surface area contributed by atoms with Crippen LogP contribution in [0.5, 0.6) is 0 Å². The van der Waals surface area contributed by atoms with Crippen LogP contribution in [0, 0.1) is 0 Å². The summed E-state index contributed by atoms with van der Waals surface area (Å²) in [4.78, 5) is 7.75. The Kier molecular flexibility index (Phi) is 4.56. The number of hydrogen-bond acceptors (Lipinski definition) is 2. The first-order valence-corrected chi connectivity index (χ1v) is 14.2. The molecule has 1 aliphatic heterocycles. The minimum atomic E-state index is 0.838. The van der Waals surface area contributed by atoms with Gasteiger partial charge in [-0.05, 0) is 59.3 Å². The van der Waals surface area contributed by atoms with E-state index in [1.165, 1.54) is 32.6 Å². The highest BCUT2D eigenvalue weighted by Crippen LogP contribution is 2.49. The average molecular weight is 527 g/mol. The van der Waals surface area contributed by atoms with E-state index in [-0.39, 0.29) is 0 Å². The summed E-state index contributed by atoms with van der Waals surface area (Å²) in [5.41, 5.74) is 10.3. The maximum absolute atomic E-state index is 5.38. The number of para-hydroxylation sites is 4. The number of rotatable bonds is 3. The van der Waals surface area contributed by atoms with Gasteiger partial charge in [0.2, 0.25) is 0 Å². The van der Waals surface area contributed by atoms with E-state index in [2.05, 4.69) is 148 Å². The first-order chi connectivity index (χ1) is 20.3. The van der Waals surface area contributed by atoms with E-state index in [0.29, 0.717) is 0 Å². The fraction of sp³-hybridized carbons (Fsp3) is 0.0541. The number of nitrogens with zero attached hydrogens (tertiary/aromatic N) is 4. The van der Waals surface area contributed by atoms with E-state index in [1.807, 2.05) is 0 Å². The molecule has 0 N–H and O–H groups in total. The summed E-state index contributed by atoms with van der Waals surface area (Å²) in [7, 11) is 0. The summed E-state index contributed by atoms with van der Waals surface area (Å²) >= 11 is 0. The molecule has 4 heteroatoms. The summed E-state index contributed by atoms with van der Waals surface area (Å²) in [6, 6.07) is 45.8. The van der Waals surface area contributed by atoms with Gasteiger partial charge in [0.25, 0.3) is 0 Å². The normalized spacial score (nSPS) is 12.6. The third-order valence-corrected chi connectivity index (χ3v) is 8.57. The van der Waals surface area contributed by atoms with Crippen LogP contribution in [0.15, 0.2) is 127 Å². The molecule has 9 rings (SSSR count). The van der Waals surface area contributed by atoms with Crippen LogP contribution >= 0.6 is 0 Å². The van der Waals surface area contributed by atoms with Gasteiger partial charge in [-0.25, -0.2) is 4.98 Å². The van der Waals surface area contributed by atoms with Crippen LogP contribution in [-0.4, -0.2) is 14.1 Å². The third kappa shape index (κ3) is 2.96. The molecule has 0 amide bonds. The van der Waals surface area contributed by atoms with E-state index in [9.17, 15) is 0 Å². The van der Waals surface area contributed by atoms with E-state index in [0.717, 1.165) is 51.7 Å². The molecule has 0 aliphatic carbocycles. The van der Waals surface area contributed by atoms with Gasteiger partial charge in [0, 0.05) is 22.9 Å². The van der Waals surface area contributed by atoms with Crippen molar-refractivity contribution in [3.63, 3.8) is 0 Å². The van der Waals surface area contributed by atoms with Crippen molar-refractivity contribution in [2.24, 2.45) is 0 Å². The van der Waals surface area contributed by atoms with Crippen molar-refractivity contribution in [2.75, 3.05) is 4.90 Å². The highest BCUT2D eigenvalue weighted by Gasteiger charge is 2.30. The topological polar surface area (TPSA) is 26.0 Å². The Balaban J connectivity index is 1.43. The Hall–Kier alpha value is -5.35. The van der Waals surface area contributed by atoms with Crippen LogP contribution in [0.2, 0.25) is 0 Å². The molecule has 0 atom stereocenters. The van der Waals surface area contributed by atoms with E-state index in [1.54, 1.807) is 0 Å². The Morgan fingerprint density at radius 2 is 1.24 bits per heavy atom. The van der Waals surface area contributed by atoms with Crippen LogP contribution < -0.4 is 4.90 Å². The molecular weight excluding hydrogens is 500 g/mol. The molecule has 2 aromatic heterocycles. The second-order valence-electron chi connectivity index (χ2n) is 10.7. The molecule has 0 bridgehead atoms. The Morgan fingerprint density at radius 1 is 0.537 bits per heavy atom. The zero-order chi connectivity index (χ0) is 27.1. The number of fused-ring (bicyclic) bond motifs is 7. The molecule has 0 saturated carbocycles. The smallest absolute Gasteiger partial charge is 0.115 e. The van der Waals surface area contributed by atoms with Gasteiger partial charge >= 0.3 is 0 Å². The maximum Gasteiger partial charge on any atom is 0.115 e. The summed E-state index contributed by atoms with van der Waals surface area (Å²) in [6.07, 6.45) is 0.838. The van der Waals surface area contributed by atoms with Crippen molar-refractivity contribution < 1.29 is 0 Å². The van der Waals surface area contributed by atoms with Gasteiger partial charge in [-0.15, -0.1) is 0 Å². The van der Waals surface area contributed by atoms with Crippen molar-refractivity contribution in [3.8, 4) is 11.4 Å². The molecule has 1 aliphatic rings. The minimum Gasteiger partial charge on any atom is -0.307 e. The Morgan fingerprint density at radius 3 is 2.10 bits per heavy atom. The van der Waals surface area contributed by atoms with E-state index in [4.69, 9.17) is 4.98 Å². The number of hydrogen-bond donors (Lipinski definition) is 0. The Bertz CT molecular complexity index is 2310. The zero-order valence-electron chi connectivity index (χ0n) is 22.6. The van der Waals surface area contributed by atoms with Crippen LogP contribution in [0.25, 0.3) is 55.0 Å². The molecule has 0 unspecified atom stereocenters. The number of benzene rings is 6. The number of anilines is 3. The lowest BCUT2D eigenvalue weighted by molar-refractivity contribution is 0.900. The highest BCUT2D eigenvalue weighted by atomic mass is 15.2. The lowest BCUT2D eigenvalue weighted by Gasteiger charge is -2.33. The summed E-state index contributed by atoms with van der Waals surface area (Å²) in [5.74, 6) is 1.07. The molecule has 0 saturated heterocycles. The summed E-state index contributed by atoms with van der Waals surface area (Å²) < 4.78 is 4.80. The van der Waals surface area contributed by atoms with Gasteiger partial charge in [-0.2, -0.15) is 0 Å². The second-order valence-corrected chi connectivity index (χ2v) is 10.7. The molecule has 4 nitrogen and oxygen atoms in total. The van der Waals surface area contributed by atoms with Crippen molar-refractivity contribution in [1.29, 1.82) is 0 Å². The van der Waals surface area contributed by atoms with Crippen molar-refractivity contribution in [2.45, 2.75) is 13.3 Å². The van der Waals surface area contributed by atoms with Gasteiger partial charge in [-0.3, -0.25) is 4.57 Å². The van der Waals surface area contributed by atoms with Gasteiger partial charge in [0.1, 0.15) is 11.3 Å². The van der Waals surface area contributed by atoms with Gasteiger partial charge in [0.05, 0.1) is 39.3 Å². The monoisotopic (exact) mass is 526 g/mol. The Labute approximate surface area is 237 Å².